The number of benzene rings is 1. The molecule has 0 aliphatic carbocycles. The summed E-state index contributed by atoms with van der Waals surface area (Å²) in [6, 6.07) is 5.68. The summed E-state index contributed by atoms with van der Waals surface area (Å²) < 4.78 is 10.4. The molecule has 0 aromatic heterocycles. The number of carbonyl (C=O) groups excluding carboxylic acids is 1. The van der Waals surface area contributed by atoms with Crippen LogP contribution >= 0.6 is 11.6 Å². The Hall–Kier alpha value is -1.55. The Morgan fingerprint density at radius 2 is 1.81 bits per heavy atom. The lowest BCUT2D eigenvalue weighted by Crippen LogP contribution is -2.25. The SMILES string of the molecule is COc1ccc(CCN=C(Cl)C(=O)C(C)(C)C)cc1OC. The van der Waals surface area contributed by atoms with E-state index in [9.17, 15) is 4.79 Å². The molecular formula is C16H22ClNO3. The van der Waals surface area contributed by atoms with Gasteiger partial charge in [0, 0.05) is 12.0 Å². The molecule has 0 aliphatic rings. The third kappa shape index (κ3) is 5.05. The normalized spacial score (nSPS) is 12.2. The van der Waals surface area contributed by atoms with Gasteiger partial charge in [-0.15, -0.1) is 0 Å². The van der Waals surface area contributed by atoms with Crippen LogP contribution in [0.4, 0.5) is 0 Å². The molecule has 0 saturated heterocycles. The molecule has 0 bridgehead atoms. The maximum atomic E-state index is 11.9. The van der Waals surface area contributed by atoms with E-state index in [1.54, 1.807) is 14.2 Å². The molecule has 0 amide bonds. The van der Waals surface area contributed by atoms with Gasteiger partial charge in [0.05, 0.1) is 14.2 Å². The van der Waals surface area contributed by atoms with Crippen LogP contribution in [0, 0.1) is 5.41 Å². The minimum atomic E-state index is -0.510. The Labute approximate surface area is 131 Å². The van der Waals surface area contributed by atoms with Gasteiger partial charge in [-0.2, -0.15) is 0 Å². The molecule has 1 aromatic rings. The van der Waals surface area contributed by atoms with Crippen molar-refractivity contribution in [2.75, 3.05) is 20.8 Å². The molecule has 116 valence electrons. The Morgan fingerprint density at radius 3 is 2.33 bits per heavy atom. The van der Waals surface area contributed by atoms with E-state index in [1.807, 2.05) is 39.0 Å². The smallest absolute Gasteiger partial charge is 0.197 e. The molecule has 4 nitrogen and oxygen atoms in total. The molecule has 0 fully saturated rings. The van der Waals surface area contributed by atoms with Crippen LogP contribution in [0.25, 0.3) is 0 Å². The third-order valence-electron chi connectivity index (χ3n) is 2.97. The number of nitrogens with zero attached hydrogens (tertiary/aromatic N) is 1. The lowest BCUT2D eigenvalue weighted by atomic mass is 9.91. The van der Waals surface area contributed by atoms with Gasteiger partial charge in [0.1, 0.15) is 0 Å². The number of carbonyl (C=O) groups is 1. The van der Waals surface area contributed by atoms with Crippen molar-refractivity contribution in [3.05, 3.63) is 23.8 Å². The first kappa shape index (κ1) is 17.5. The number of hydrogen-bond acceptors (Lipinski definition) is 4. The molecule has 0 atom stereocenters. The standard InChI is InChI=1S/C16H22ClNO3/c1-16(2,3)14(19)15(17)18-9-8-11-6-7-12(20-4)13(10-11)21-5/h6-7,10H,8-9H2,1-5H3. The van der Waals surface area contributed by atoms with Gasteiger partial charge in [0.2, 0.25) is 0 Å². The van der Waals surface area contributed by atoms with Crippen molar-refractivity contribution in [1.82, 2.24) is 0 Å². The summed E-state index contributed by atoms with van der Waals surface area (Å²) in [6.07, 6.45) is 0.675. The van der Waals surface area contributed by atoms with Crippen molar-refractivity contribution >= 4 is 22.6 Å². The zero-order valence-corrected chi connectivity index (χ0v) is 14.0. The number of rotatable bonds is 6. The van der Waals surface area contributed by atoms with Crippen LogP contribution in [-0.4, -0.2) is 31.7 Å². The van der Waals surface area contributed by atoms with Crippen molar-refractivity contribution in [1.29, 1.82) is 0 Å². The van der Waals surface area contributed by atoms with Gasteiger partial charge in [-0.3, -0.25) is 9.79 Å². The number of halogens is 1. The summed E-state index contributed by atoms with van der Waals surface area (Å²) in [5.74, 6) is 1.22. The first-order chi connectivity index (χ1) is 9.79. The summed E-state index contributed by atoms with van der Waals surface area (Å²) >= 11 is 5.94. The van der Waals surface area contributed by atoms with E-state index in [1.165, 1.54) is 0 Å². The molecule has 21 heavy (non-hydrogen) atoms. The van der Waals surface area contributed by atoms with Crippen LogP contribution in [0.5, 0.6) is 11.5 Å². The van der Waals surface area contributed by atoms with E-state index in [0.717, 1.165) is 5.56 Å². The van der Waals surface area contributed by atoms with E-state index < -0.39 is 5.41 Å². The highest BCUT2D eigenvalue weighted by Crippen LogP contribution is 2.27. The molecule has 0 radical (unpaired) electrons. The zero-order chi connectivity index (χ0) is 16.0. The van der Waals surface area contributed by atoms with E-state index in [4.69, 9.17) is 21.1 Å². The molecule has 5 heteroatoms. The van der Waals surface area contributed by atoms with E-state index in [-0.39, 0.29) is 11.0 Å². The van der Waals surface area contributed by atoms with Crippen LogP contribution < -0.4 is 9.47 Å². The fourth-order valence-electron chi connectivity index (χ4n) is 1.70. The molecule has 1 aromatic carbocycles. The Bertz CT molecular complexity index is 533. The van der Waals surface area contributed by atoms with Gasteiger partial charge in [0.25, 0.3) is 0 Å². The minimum Gasteiger partial charge on any atom is -0.493 e. The first-order valence-corrected chi connectivity index (χ1v) is 7.13. The van der Waals surface area contributed by atoms with Crippen LogP contribution in [0.15, 0.2) is 23.2 Å². The van der Waals surface area contributed by atoms with Gasteiger partial charge in [-0.25, -0.2) is 0 Å². The maximum absolute atomic E-state index is 11.9. The minimum absolute atomic E-state index is 0.0583. The van der Waals surface area contributed by atoms with Crippen LogP contribution in [0.2, 0.25) is 0 Å². The molecular weight excluding hydrogens is 290 g/mol. The molecule has 0 N–H and O–H groups in total. The number of aliphatic imine (C=N–C) groups is 1. The number of Topliss-reactive ketones (excluding diaryl/α,β-unsaturated/α-hetero) is 1. The summed E-state index contributed by atoms with van der Waals surface area (Å²) in [5, 5.41) is 0.0583. The van der Waals surface area contributed by atoms with Crippen molar-refractivity contribution in [2.24, 2.45) is 10.4 Å². The van der Waals surface area contributed by atoms with Crippen molar-refractivity contribution in [3.8, 4) is 11.5 Å². The number of methoxy groups -OCH3 is 2. The lowest BCUT2D eigenvalue weighted by molar-refractivity contribution is -0.119. The van der Waals surface area contributed by atoms with Crippen LogP contribution in [-0.2, 0) is 11.2 Å². The highest BCUT2D eigenvalue weighted by atomic mass is 35.5. The third-order valence-corrected chi connectivity index (χ3v) is 3.26. The van der Waals surface area contributed by atoms with Crippen molar-refractivity contribution in [3.63, 3.8) is 0 Å². The largest absolute Gasteiger partial charge is 0.493 e. The van der Waals surface area contributed by atoms with Gasteiger partial charge in [-0.1, -0.05) is 38.4 Å². The predicted molar refractivity (Wildman–Crippen MR) is 85.9 cm³/mol. The lowest BCUT2D eigenvalue weighted by Gasteiger charge is -2.14. The van der Waals surface area contributed by atoms with E-state index in [0.29, 0.717) is 24.5 Å². The second kappa shape index (κ2) is 7.46. The van der Waals surface area contributed by atoms with Crippen LogP contribution in [0.3, 0.4) is 0 Å². The monoisotopic (exact) mass is 311 g/mol. The summed E-state index contributed by atoms with van der Waals surface area (Å²) in [7, 11) is 3.19. The summed E-state index contributed by atoms with van der Waals surface area (Å²) in [4.78, 5) is 16.0. The van der Waals surface area contributed by atoms with E-state index >= 15 is 0 Å². The summed E-state index contributed by atoms with van der Waals surface area (Å²) in [6.45, 7) is 5.92. The average Bonchev–Trinajstić information content (AvgIpc) is 2.45. The molecule has 1 rings (SSSR count). The molecule has 0 saturated carbocycles. The second-order valence-electron chi connectivity index (χ2n) is 5.69. The Kier molecular flexibility index (Phi) is 6.21. The summed E-state index contributed by atoms with van der Waals surface area (Å²) in [5.41, 5.74) is 0.535. The van der Waals surface area contributed by atoms with E-state index in [2.05, 4.69) is 4.99 Å². The Morgan fingerprint density at radius 1 is 1.19 bits per heavy atom. The zero-order valence-electron chi connectivity index (χ0n) is 13.2. The maximum Gasteiger partial charge on any atom is 0.197 e. The van der Waals surface area contributed by atoms with Gasteiger partial charge in [-0.05, 0) is 24.1 Å². The molecule has 0 unspecified atom stereocenters. The second-order valence-corrected chi connectivity index (χ2v) is 6.05. The van der Waals surface area contributed by atoms with Gasteiger partial charge in [0.15, 0.2) is 22.5 Å². The highest BCUT2D eigenvalue weighted by Gasteiger charge is 2.24. The highest BCUT2D eigenvalue weighted by molar-refractivity contribution is 6.83. The van der Waals surface area contributed by atoms with Crippen molar-refractivity contribution in [2.45, 2.75) is 27.2 Å². The topological polar surface area (TPSA) is 47.9 Å². The average molecular weight is 312 g/mol. The number of hydrogen-bond donors (Lipinski definition) is 0. The van der Waals surface area contributed by atoms with Crippen molar-refractivity contribution < 1.29 is 14.3 Å². The molecule has 0 spiro atoms. The van der Waals surface area contributed by atoms with Gasteiger partial charge < -0.3 is 9.47 Å². The van der Waals surface area contributed by atoms with Crippen LogP contribution in [0.1, 0.15) is 26.3 Å². The number of ketones is 1. The molecule has 0 heterocycles. The van der Waals surface area contributed by atoms with Gasteiger partial charge >= 0.3 is 0 Å². The Balaban J connectivity index is 2.70. The fraction of sp³-hybridized carbons (Fsp3) is 0.500. The number of ether oxygens (including phenoxy) is 2. The quantitative estimate of drug-likeness (QED) is 0.755. The first-order valence-electron chi connectivity index (χ1n) is 6.75. The fourth-order valence-corrected chi connectivity index (χ4v) is 2.07. The molecule has 0 aliphatic heterocycles. The predicted octanol–water partition coefficient (Wildman–Crippen LogP) is 3.50.